The Bertz CT molecular complexity index is 407. The number of aliphatic hydroxyl groups excluding tert-OH is 1. The summed E-state index contributed by atoms with van der Waals surface area (Å²) >= 11 is 0. The van der Waals surface area contributed by atoms with Crippen molar-refractivity contribution in [2.45, 2.75) is 43.9 Å². The molecule has 20 heavy (non-hydrogen) atoms. The molecule has 3 unspecified atom stereocenters. The number of rotatable bonds is 7. The molecular weight excluding hydrogens is 282 g/mol. The lowest BCUT2D eigenvalue weighted by Crippen LogP contribution is -2.47. The molecule has 2 saturated heterocycles. The summed E-state index contributed by atoms with van der Waals surface area (Å²) in [5.74, 6) is 0.367. The maximum absolute atomic E-state index is 11.5. The van der Waals surface area contributed by atoms with Crippen molar-refractivity contribution >= 4 is 9.84 Å². The van der Waals surface area contributed by atoms with Crippen LogP contribution in [0.3, 0.4) is 0 Å². The van der Waals surface area contributed by atoms with Gasteiger partial charge in [-0.2, -0.15) is 0 Å². The highest BCUT2D eigenvalue weighted by Gasteiger charge is 2.38. The predicted molar refractivity (Wildman–Crippen MR) is 75.5 cm³/mol. The normalized spacial score (nSPS) is 34.4. The lowest BCUT2D eigenvalue weighted by atomic mass is 10.0. The number of nitrogens with one attached hydrogen (secondary N) is 1. The van der Waals surface area contributed by atoms with Crippen molar-refractivity contribution < 1.29 is 23.0 Å². The number of hydrogen-bond acceptors (Lipinski definition) is 6. The van der Waals surface area contributed by atoms with Gasteiger partial charge in [-0.05, 0) is 26.2 Å². The quantitative estimate of drug-likeness (QED) is 0.672. The third-order valence-corrected chi connectivity index (χ3v) is 5.81. The Balaban J connectivity index is 1.61. The Hall–Kier alpha value is -0.210. The first-order valence-corrected chi connectivity index (χ1v) is 9.04. The highest BCUT2D eigenvalue weighted by atomic mass is 32.2. The van der Waals surface area contributed by atoms with Gasteiger partial charge in [-0.15, -0.1) is 0 Å². The monoisotopic (exact) mass is 307 g/mol. The van der Waals surface area contributed by atoms with E-state index in [9.17, 15) is 13.5 Å². The molecule has 0 saturated carbocycles. The molecule has 2 rings (SSSR count). The van der Waals surface area contributed by atoms with Gasteiger partial charge in [0.25, 0.3) is 0 Å². The molecule has 0 bridgehead atoms. The van der Waals surface area contributed by atoms with Crippen molar-refractivity contribution in [3.63, 3.8) is 0 Å². The predicted octanol–water partition coefficient (Wildman–Crippen LogP) is -0.290. The van der Waals surface area contributed by atoms with Crippen LogP contribution in [0.25, 0.3) is 0 Å². The first kappa shape index (κ1) is 16.2. The minimum Gasteiger partial charge on any atom is -0.389 e. The lowest BCUT2D eigenvalue weighted by molar-refractivity contribution is -0.0176. The molecule has 0 aromatic carbocycles. The minimum atomic E-state index is -2.92. The smallest absolute Gasteiger partial charge is 0.152 e. The summed E-state index contributed by atoms with van der Waals surface area (Å²) in [5.41, 5.74) is -0.422. The summed E-state index contributed by atoms with van der Waals surface area (Å²) < 4.78 is 33.8. The Kier molecular flexibility index (Phi) is 5.42. The van der Waals surface area contributed by atoms with Gasteiger partial charge in [0.15, 0.2) is 9.84 Å². The van der Waals surface area contributed by atoms with Crippen LogP contribution in [-0.4, -0.2) is 69.1 Å². The molecule has 3 atom stereocenters. The molecule has 0 amide bonds. The second-order valence-corrected chi connectivity index (χ2v) is 8.29. The highest BCUT2D eigenvalue weighted by Crippen LogP contribution is 2.22. The molecule has 2 aliphatic heterocycles. The molecule has 0 spiro atoms. The van der Waals surface area contributed by atoms with Crippen molar-refractivity contribution in [2.24, 2.45) is 0 Å². The van der Waals surface area contributed by atoms with Crippen molar-refractivity contribution in [3.05, 3.63) is 0 Å². The summed E-state index contributed by atoms with van der Waals surface area (Å²) in [6.07, 6.45) is 2.22. The second kappa shape index (κ2) is 6.70. The molecule has 118 valence electrons. The van der Waals surface area contributed by atoms with Gasteiger partial charge in [-0.25, -0.2) is 8.42 Å². The molecule has 0 radical (unpaired) electrons. The molecule has 0 aliphatic carbocycles. The molecule has 2 N–H and O–H groups in total. The number of ether oxygens (including phenoxy) is 2. The Morgan fingerprint density at radius 1 is 1.55 bits per heavy atom. The molecule has 0 aromatic rings. The molecular formula is C13H25NO5S. The molecule has 2 fully saturated rings. The van der Waals surface area contributed by atoms with Crippen LogP contribution in [0.1, 0.15) is 26.2 Å². The Morgan fingerprint density at radius 2 is 2.35 bits per heavy atom. The first-order valence-electron chi connectivity index (χ1n) is 7.21. The fraction of sp³-hybridized carbons (Fsp3) is 1.00. The van der Waals surface area contributed by atoms with Gasteiger partial charge in [-0.3, -0.25) is 0 Å². The van der Waals surface area contributed by atoms with Gasteiger partial charge in [0.05, 0.1) is 36.9 Å². The van der Waals surface area contributed by atoms with E-state index >= 15 is 0 Å². The van der Waals surface area contributed by atoms with E-state index in [1.165, 1.54) is 0 Å². The van der Waals surface area contributed by atoms with Crippen LogP contribution in [0.15, 0.2) is 0 Å². The average Bonchev–Trinajstić information content (AvgIpc) is 2.96. The van der Waals surface area contributed by atoms with Crippen LogP contribution >= 0.6 is 0 Å². The SMILES string of the molecule is CC1(NCC(O)COCC2CCCO2)CCS(=O)(=O)C1. The van der Waals surface area contributed by atoms with Gasteiger partial charge in [-0.1, -0.05) is 0 Å². The van der Waals surface area contributed by atoms with Gasteiger partial charge in [0.2, 0.25) is 0 Å². The maximum Gasteiger partial charge on any atom is 0.152 e. The fourth-order valence-corrected chi connectivity index (χ4v) is 4.81. The maximum atomic E-state index is 11.5. The Labute approximate surface area is 120 Å². The summed E-state index contributed by atoms with van der Waals surface area (Å²) in [6, 6.07) is 0. The third-order valence-electron chi connectivity index (χ3n) is 3.91. The fourth-order valence-electron chi connectivity index (χ4n) is 2.68. The number of hydrogen-bond donors (Lipinski definition) is 2. The number of aliphatic hydroxyl groups is 1. The van der Waals surface area contributed by atoms with Crippen molar-refractivity contribution in [2.75, 3.05) is 37.9 Å². The molecule has 7 heteroatoms. The average molecular weight is 307 g/mol. The largest absolute Gasteiger partial charge is 0.389 e. The zero-order chi connectivity index (χ0) is 14.6. The van der Waals surface area contributed by atoms with E-state index in [-0.39, 0.29) is 24.2 Å². The molecule has 2 aliphatic rings. The van der Waals surface area contributed by atoms with Crippen LogP contribution in [0, 0.1) is 0 Å². The van der Waals surface area contributed by atoms with Crippen LogP contribution in [-0.2, 0) is 19.3 Å². The van der Waals surface area contributed by atoms with Crippen LogP contribution < -0.4 is 5.32 Å². The van der Waals surface area contributed by atoms with Gasteiger partial charge >= 0.3 is 0 Å². The van der Waals surface area contributed by atoms with Crippen LogP contribution in [0.5, 0.6) is 0 Å². The van der Waals surface area contributed by atoms with Gasteiger partial charge in [0, 0.05) is 18.7 Å². The zero-order valence-corrected chi connectivity index (χ0v) is 12.8. The molecule has 2 heterocycles. The number of sulfone groups is 1. The van der Waals surface area contributed by atoms with E-state index in [4.69, 9.17) is 9.47 Å². The minimum absolute atomic E-state index is 0.142. The summed E-state index contributed by atoms with van der Waals surface area (Å²) in [4.78, 5) is 0. The van der Waals surface area contributed by atoms with Gasteiger partial charge in [0.1, 0.15) is 0 Å². The van der Waals surface area contributed by atoms with E-state index in [0.717, 1.165) is 19.4 Å². The van der Waals surface area contributed by atoms with Crippen molar-refractivity contribution in [1.29, 1.82) is 0 Å². The van der Waals surface area contributed by atoms with E-state index in [0.29, 0.717) is 19.6 Å². The third kappa shape index (κ3) is 4.96. The number of β-amino-alcohol motifs (C(OH)–C–C–N with tert-alkyl or cyclic N) is 1. The van der Waals surface area contributed by atoms with E-state index < -0.39 is 21.5 Å². The standard InChI is InChI=1S/C13H25NO5S/c1-13(4-6-20(16,17)10-13)14-7-11(15)8-18-9-12-3-2-5-19-12/h11-12,14-15H,2-10H2,1H3. The molecule has 6 nitrogen and oxygen atoms in total. The lowest BCUT2D eigenvalue weighted by Gasteiger charge is -2.25. The second-order valence-electron chi connectivity index (χ2n) is 6.11. The summed E-state index contributed by atoms with van der Waals surface area (Å²) in [6.45, 7) is 3.79. The Morgan fingerprint density at radius 3 is 2.95 bits per heavy atom. The van der Waals surface area contributed by atoms with E-state index in [1.807, 2.05) is 6.92 Å². The van der Waals surface area contributed by atoms with E-state index in [1.54, 1.807) is 0 Å². The van der Waals surface area contributed by atoms with E-state index in [2.05, 4.69) is 5.32 Å². The van der Waals surface area contributed by atoms with Crippen LogP contribution in [0.2, 0.25) is 0 Å². The zero-order valence-electron chi connectivity index (χ0n) is 12.0. The molecule has 0 aromatic heterocycles. The van der Waals surface area contributed by atoms with Crippen molar-refractivity contribution in [1.82, 2.24) is 5.32 Å². The van der Waals surface area contributed by atoms with Crippen LogP contribution in [0.4, 0.5) is 0 Å². The summed E-state index contributed by atoms with van der Waals surface area (Å²) in [7, 11) is -2.92. The highest BCUT2D eigenvalue weighted by molar-refractivity contribution is 7.91. The van der Waals surface area contributed by atoms with Gasteiger partial charge < -0.3 is 19.9 Å². The van der Waals surface area contributed by atoms with Crippen molar-refractivity contribution in [3.8, 4) is 0 Å². The topological polar surface area (TPSA) is 84.9 Å². The summed E-state index contributed by atoms with van der Waals surface area (Å²) in [5, 5.41) is 13.0. The first-order chi connectivity index (χ1) is 9.39.